The van der Waals surface area contributed by atoms with Crippen molar-refractivity contribution < 1.29 is 14.7 Å². The highest BCUT2D eigenvalue weighted by atomic mass is 16.4. The van der Waals surface area contributed by atoms with Crippen molar-refractivity contribution in [3.63, 3.8) is 0 Å². The summed E-state index contributed by atoms with van der Waals surface area (Å²) >= 11 is 0. The molecule has 1 aromatic carbocycles. The Balaban J connectivity index is 2.36. The molecule has 1 aliphatic carbocycles. The van der Waals surface area contributed by atoms with Gasteiger partial charge in [0.05, 0.1) is 5.41 Å². The first-order chi connectivity index (χ1) is 9.04. The molecule has 1 fully saturated rings. The molecule has 1 saturated carbocycles. The Labute approximate surface area is 111 Å². The minimum atomic E-state index is -0.826. The number of carbonyl (C=O) groups is 2. The maximum absolute atomic E-state index is 11.7. The van der Waals surface area contributed by atoms with Crippen molar-refractivity contribution in [1.29, 1.82) is 0 Å². The quantitative estimate of drug-likeness (QED) is 0.781. The summed E-state index contributed by atoms with van der Waals surface area (Å²) in [6.07, 6.45) is 4.19. The van der Waals surface area contributed by atoms with Crippen LogP contribution in [0.25, 0.3) is 0 Å². The normalized spacial score (nSPS) is 17.7. The molecule has 0 unspecified atom stereocenters. The molecular weight excluding hydrogens is 244 g/mol. The number of nitrogens with two attached hydrogens (primary N) is 1. The van der Waals surface area contributed by atoms with Crippen LogP contribution in [0.3, 0.4) is 0 Å². The summed E-state index contributed by atoms with van der Waals surface area (Å²) in [5, 5.41) is 12.1. The number of primary amides is 1. The van der Waals surface area contributed by atoms with E-state index in [0.29, 0.717) is 18.5 Å². The maximum atomic E-state index is 11.7. The van der Waals surface area contributed by atoms with Gasteiger partial charge in [0.1, 0.15) is 0 Å². The number of carboxylic acid groups (broad SMARTS) is 1. The van der Waals surface area contributed by atoms with Crippen molar-refractivity contribution >= 4 is 17.7 Å². The van der Waals surface area contributed by atoms with Gasteiger partial charge in [-0.3, -0.25) is 4.79 Å². The highest BCUT2D eigenvalue weighted by Gasteiger charge is 2.41. The molecular formula is C14H18N2O3. The number of carbonyl (C=O) groups excluding carboxylic acids is 1. The van der Waals surface area contributed by atoms with Crippen molar-refractivity contribution in [1.82, 2.24) is 0 Å². The Morgan fingerprint density at radius 3 is 2.47 bits per heavy atom. The Morgan fingerprint density at radius 1 is 1.21 bits per heavy atom. The predicted octanol–water partition coefficient (Wildman–Crippen LogP) is 2.46. The second-order valence-corrected chi connectivity index (χ2v) is 5.02. The van der Waals surface area contributed by atoms with Crippen LogP contribution in [-0.4, -0.2) is 17.1 Å². The first-order valence-electron chi connectivity index (χ1n) is 6.45. The number of rotatable bonds is 3. The summed E-state index contributed by atoms with van der Waals surface area (Å²) in [6, 6.07) is 6.33. The molecule has 2 amide bonds. The third-order valence-corrected chi connectivity index (χ3v) is 3.80. The minimum absolute atomic E-state index is 0.538. The predicted molar refractivity (Wildman–Crippen MR) is 72.0 cm³/mol. The molecule has 0 spiro atoms. The average Bonchev–Trinajstić information content (AvgIpc) is 2.39. The monoisotopic (exact) mass is 262 g/mol. The number of amides is 2. The van der Waals surface area contributed by atoms with Crippen molar-refractivity contribution in [3.05, 3.63) is 29.8 Å². The van der Waals surface area contributed by atoms with E-state index in [2.05, 4.69) is 5.32 Å². The minimum Gasteiger partial charge on any atom is -0.481 e. The lowest BCUT2D eigenvalue weighted by atomic mass is 9.69. The smallest absolute Gasteiger partial charge is 0.316 e. The van der Waals surface area contributed by atoms with Gasteiger partial charge in [0.25, 0.3) is 0 Å². The molecule has 0 saturated heterocycles. The van der Waals surface area contributed by atoms with Crippen LogP contribution in [0.5, 0.6) is 0 Å². The molecule has 102 valence electrons. The highest BCUT2D eigenvalue weighted by molar-refractivity contribution is 5.88. The van der Waals surface area contributed by atoms with Crippen molar-refractivity contribution in [3.8, 4) is 0 Å². The van der Waals surface area contributed by atoms with Crippen LogP contribution in [0.4, 0.5) is 10.5 Å². The van der Waals surface area contributed by atoms with Crippen molar-refractivity contribution in [2.24, 2.45) is 5.73 Å². The summed E-state index contributed by atoms with van der Waals surface area (Å²) in [7, 11) is 0. The van der Waals surface area contributed by atoms with E-state index in [1.54, 1.807) is 18.2 Å². The summed E-state index contributed by atoms with van der Waals surface area (Å²) in [6.45, 7) is 0. The number of hydrogen-bond donors (Lipinski definition) is 3. The zero-order chi connectivity index (χ0) is 13.9. The SMILES string of the molecule is NC(=O)Nc1cccc(C2(C(=O)O)CCCCC2)c1. The first kappa shape index (κ1) is 13.4. The van der Waals surface area contributed by atoms with Gasteiger partial charge in [0.2, 0.25) is 0 Å². The van der Waals surface area contributed by atoms with Gasteiger partial charge in [-0.2, -0.15) is 0 Å². The molecule has 4 N–H and O–H groups in total. The van der Waals surface area contributed by atoms with E-state index in [4.69, 9.17) is 5.73 Å². The van der Waals surface area contributed by atoms with Crippen LogP contribution in [0, 0.1) is 0 Å². The number of benzene rings is 1. The van der Waals surface area contributed by atoms with Crippen LogP contribution in [-0.2, 0) is 10.2 Å². The highest BCUT2D eigenvalue weighted by Crippen LogP contribution is 2.40. The lowest BCUT2D eigenvalue weighted by Gasteiger charge is -2.33. The molecule has 19 heavy (non-hydrogen) atoms. The second-order valence-electron chi connectivity index (χ2n) is 5.02. The topological polar surface area (TPSA) is 92.4 Å². The number of hydrogen-bond acceptors (Lipinski definition) is 2. The van der Waals surface area contributed by atoms with E-state index in [-0.39, 0.29) is 0 Å². The lowest BCUT2D eigenvalue weighted by Crippen LogP contribution is -2.37. The molecule has 5 nitrogen and oxygen atoms in total. The molecule has 0 aliphatic heterocycles. The van der Waals surface area contributed by atoms with Gasteiger partial charge in [-0.05, 0) is 30.5 Å². The first-order valence-corrected chi connectivity index (χ1v) is 6.45. The molecule has 0 radical (unpaired) electrons. The Morgan fingerprint density at radius 2 is 1.89 bits per heavy atom. The molecule has 1 aromatic rings. The molecule has 0 atom stereocenters. The Kier molecular flexibility index (Phi) is 3.74. The number of nitrogens with one attached hydrogen (secondary N) is 1. The summed E-state index contributed by atoms with van der Waals surface area (Å²) in [5.74, 6) is -0.788. The van der Waals surface area contributed by atoms with Gasteiger partial charge in [-0.25, -0.2) is 4.79 Å². The molecule has 0 aromatic heterocycles. The second kappa shape index (κ2) is 5.30. The van der Waals surface area contributed by atoms with Crippen LogP contribution < -0.4 is 11.1 Å². The molecule has 2 rings (SSSR count). The number of urea groups is 1. The standard InChI is InChI=1S/C14H18N2O3/c15-13(19)16-11-6-4-5-10(9-11)14(12(17)18)7-2-1-3-8-14/h4-6,9H,1-3,7-8H2,(H,17,18)(H3,15,16,19). The molecule has 0 bridgehead atoms. The zero-order valence-electron chi connectivity index (χ0n) is 10.7. The van der Waals surface area contributed by atoms with Gasteiger partial charge >= 0.3 is 12.0 Å². The van der Waals surface area contributed by atoms with Gasteiger partial charge in [-0.1, -0.05) is 31.4 Å². The third kappa shape index (κ3) is 2.70. The fourth-order valence-corrected chi connectivity index (χ4v) is 2.82. The van der Waals surface area contributed by atoms with E-state index in [1.165, 1.54) is 0 Å². The fraction of sp³-hybridized carbons (Fsp3) is 0.429. The van der Waals surface area contributed by atoms with Crippen LogP contribution in [0.15, 0.2) is 24.3 Å². The van der Waals surface area contributed by atoms with Crippen molar-refractivity contribution in [2.45, 2.75) is 37.5 Å². The van der Waals surface area contributed by atoms with E-state index in [1.807, 2.05) is 6.07 Å². The number of carboxylic acids is 1. The van der Waals surface area contributed by atoms with E-state index < -0.39 is 17.4 Å². The number of aliphatic carboxylic acids is 1. The van der Waals surface area contributed by atoms with Gasteiger partial charge in [-0.15, -0.1) is 0 Å². The van der Waals surface area contributed by atoms with Crippen LogP contribution in [0.1, 0.15) is 37.7 Å². The van der Waals surface area contributed by atoms with Crippen molar-refractivity contribution in [2.75, 3.05) is 5.32 Å². The largest absolute Gasteiger partial charge is 0.481 e. The van der Waals surface area contributed by atoms with E-state index in [9.17, 15) is 14.7 Å². The van der Waals surface area contributed by atoms with Gasteiger partial charge in [0.15, 0.2) is 0 Å². The fourth-order valence-electron chi connectivity index (χ4n) is 2.82. The van der Waals surface area contributed by atoms with Crippen LogP contribution in [0.2, 0.25) is 0 Å². The molecule has 1 aliphatic rings. The Bertz CT molecular complexity index is 493. The van der Waals surface area contributed by atoms with E-state index >= 15 is 0 Å². The average molecular weight is 262 g/mol. The zero-order valence-corrected chi connectivity index (χ0v) is 10.7. The Hall–Kier alpha value is -2.04. The lowest BCUT2D eigenvalue weighted by molar-refractivity contribution is -0.145. The van der Waals surface area contributed by atoms with E-state index in [0.717, 1.165) is 24.8 Å². The van der Waals surface area contributed by atoms with Gasteiger partial charge in [0, 0.05) is 5.69 Å². The third-order valence-electron chi connectivity index (χ3n) is 3.80. The van der Waals surface area contributed by atoms with Crippen LogP contribution >= 0.6 is 0 Å². The number of anilines is 1. The summed E-state index contributed by atoms with van der Waals surface area (Å²) < 4.78 is 0. The summed E-state index contributed by atoms with van der Waals surface area (Å²) in [4.78, 5) is 22.6. The maximum Gasteiger partial charge on any atom is 0.316 e. The van der Waals surface area contributed by atoms with Gasteiger partial charge < -0.3 is 16.2 Å². The molecule has 0 heterocycles. The summed E-state index contributed by atoms with van der Waals surface area (Å²) in [5.41, 5.74) is 5.53. The molecule has 5 heteroatoms.